The highest BCUT2D eigenvalue weighted by atomic mass is 15.2. The molecule has 0 aromatic rings. The normalized spacial score (nSPS) is 56.0. The maximum atomic E-state index is 2.71. The fourth-order valence-corrected chi connectivity index (χ4v) is 7.37. The van der Waals surface area contributed by atoms with Crippen LogP contribution in [0.2, 0.25) is 0 Å². The number of likely N-dealkylation sites (tertiary alicyclic amines) is 1. The van der Waals surface area contributed by atoms with Crippen molar-refractivity contribution < 1.29 is 0 Å². The summed E-state index contributed by atoms with van der Waals surface area (Å²) in [5, 5.41) is 0. The first kappa shape index (κ1) is 13.6. The molecule has 3 saturated carbocycles. The van der Waals surface area contributed by atoms with E-state index in [0.717, 1.165) is 29.2 Å². The molecule has 0 amide bonds. The van der Waals surface area contributed by atoms with E-state index in [-0.39, 0.29) is 0 Å². The summed E-state index contributed by atoms with van der Waals surface area (Å²) in [6.45, 7) is 6.64. The Balaban J connectivity index is 1.65. The SMILES string of the molecule is CN1CCC[C@@]2(C)C1CC[C@@H]1[C@H]2CC[C@]2(C)CCC[C@@H]12. The average molecular weight is 275 g/mol. The van der Waals surface area contributed by atoms with Gasteiger partial charge in [0.2, 0.25) is 0 Å². The highest BCUT2D eigenvalue weighted by molar-refractivity contribution is 5.08. The molecule has 0 bridgehead atoms. The minimum Gasteiger partial charge on any atom is -0.303 e. The van der Waals surface area contributed by atoms with E-state index in [1.807, 2.05) is 0 Å². The number of fused-ring (bicyclic) bond motifs is 5. The standard InChI is InChI=1S/C19H33N/c1-18-10-4-6-15(18)14-7-8-17-19(2,16(14)9-12-18)11-5-13-20(17)3/h14-17H,4-13H2,1-3H3/t14-,15-,16+,17?,18-,19+/m0/s1. The number of rotatable bonds is 0. The summed E-state index contributed by atoms with van der Waals surface area (Å²) in [5.41, 5.74) is 1.37. The van der Waals surface area contributed by atoms with E-state index in [2.05, 4.69) is 25.8 Å². The van der Waals surface area contributed by atoms with Crippen molar-refractivity contribution in [1.82, 2.24) is 4.90 Å². The van der Waals surface area contributed by atoms with Crippen LogP contribution in [0.5, 0.6) is 0 Å². The molecule has 4 aliphatic rings. The van der Waals surface area contributed by atoms with Crippen molar-refractivity contribution >= 4 is 0 Å². The predicted molar refractivity (Wildman–Crippen MR) is 84.7 cm³/mol. The van der Waals surface area contributed by atoms with Crippen LogP contribution in [-0.4, -0.2) is 24.5 Å². The first-order valence-corrected chi connectivity index (χ1v) is 9.25. The lowest BCUT2D eigenvalue weighted by atomic mass is 9.47. The van der Waals surface area contributed by atoms with E-state index in [4.69, 9.17) is 0 Å². The van der Waals surface area contributed by atoms with Crippen LogP contribution in [0.15, 0.2) is 0 Å². The smallest absolute Gasteiger partial charge is 0.0149 e. The van der Waals surface area contributed by atoms with Gasteiger partial charge in [-0.25, -0.2) is 0 Å². The summed E-state index contributed by atoms with van der Waals surface area (Å²) in [5.74, 6) is 3.19. The molecule has 4 rings (SSSR count). The van der Waals surface area contributed by atoms with Crippen molar-refractivity contribution in [3.8, 4) is 0 Å². The molecule has 20 heavy (non-hydrogen) atoms. The van der Waals surface area contributed by atoms with Gasteiger partial charge in [-0.1, -0.05) is 20.3 Å². The summed E-state index contributed by atoms with van der Waals surface area (Å²) in [7, 11) is 2.39. The highest BCUT2D eigenvalue weighted by Crippen LogP contribution is 2.64. The molecule has 0 radical (unpaired) electrons. The highest BCUT2D eigenvalue weighted by Gasteiger charge is 2.57. The van der Waals surface area contributed by atoms with Gasteiger partial charge in [-0.2, -0.15) is 0 Å². The molecule has 1 unspecified atom stereocenters. The second-order valence-electron chi connectivity index (χ2n) is 9.14. The monoisotopic (exact) mass is 275 g/mol. The van der Waals surface area contributed by atoms with E-state index in [1.54, 1.807) is 12.8 Å². The molecule has 1 aliphatic heterocycles. The van der Waals surface area contributed by atoms with Crippen LogP contribution in [0.4, 0.5) is 0 Å². The van der Waals surface area contributed by atoms with Gasteiger partial charge in [-0.05, 0) is 93.5 Å². The second-order valence-corrected chi connectivity index (χ2v) is 9.14. The van der Waals surface area contributed by atoms with Gasteiger partial charge < -0.3 is 4.90 Å². The van der Waals surface area contributed by atoms with Crippen molar-refractivity contribution in [2.75, 3.05) is 13.6 Å². The van der Waals surface area contributed by atoms with Crippen LogP contribution < -0.4 is 0 Å². The summed E-state index contributed by atoms with van der Waals surface area (Å²) in [4.78, 5) is 2.71. The summed E-state index contributed by atoms with van der Waals surface area (Å²) in [6.07, 6.45) is 13.6. The minimum absolute atomic E-state index is 0.639. The number of hydrogen-bond donors (Lipinski definition) is 0. The third-order valence-corrected chi connectivity index (χ3v) is 8.36. The Labute approximate surface area is 125 Å². The summed E-state index contributed by atoms with van der Waals surface area (Å²) >= 11 is 0. The molecule has 0 N–H and O–H groups in total. The average Bonchev–Trinajstić information content (AvgIpc) is 2.80. The van der Waals surface area contributed by atoms with E-state index < -0.39 is 0 Å². The third kappa shape index (κ3) is 1.71. The van der Waals surface area contributed by atoms with Crippen molar-refractivity contribution in [2.45, 2.75) is 77.7 Å². The second kappa shape index (κ2) is 4.48. The van der Waals surface area contributed by atoms with E-state index >= 15 is 0 Å². The maximum Gasteiger partial charge on any atom is 0.0149 e. The fourth-order valence-electron chi connectivity index (χ4n) is 7.37. The summed E-state index contributed by atoms with van der Waals surface area (Å²) in [6, 6.07) is 0.892. The fraction of sp³-hybridized carbons (Fsp3) is 1.00. The van der Waals surface area contributed by atoms with Crippen molar-refractivity contribution in [2.24, 2.45) is 28.6 Å². The van der Waals surface area contributed by atoms with Crippen molar-refractivity contribution in [3.63, 3.8) is 0 Å². The van der Waals surface area contributed by atoms with Gasteiger partial charge >= 0.3 is 0 Å². The third-order valence-electron chi connectivity index (χ3n) is 8.36. The van der Waals surface area contributed by atoms with Gasteiger partial charge in [0.15, 0.2) is 0 Å². The minimum atomic E-state index is 0.639. The lowest BCUT2D eigenvalue weighted by Crippen LogP contribution is -2.59. The molecule has 1 nitrogen and oxygen atoms in total. The first-order valence-electron chi connectivity index (χ1n) is 9.25. The molecule has 114 valence electrons. The van der Waals surface area contributed by atoms with Crippen LogP contribution in [0, 0.1) is 28.6 Å². The number of piperidine rings is 1. The molecule has 1 heteroatoms. The van der Waals surface area contributed by atoms with Crippen LogP contribution in [-0.2, 0) is 0 Å². The Bertz CT molecular complexity index is 391. The Morgan fingerprint density at radius 3 is 2.55 bits per heavy atom. The topological polar surface area (TPSA) is 3.24 Å². The Kier molecular flexibility index (Phi) is 3.05. The Hall–Kier alpha value is -0.0400. The van der Waals surface area contributed by atoms with Crippen molar-refractivity contribution in [3.05, 3.63) is 0 Å². The molecule has 0 spiro atoms. The predicted octanol–water partition coefficient (Wildman–Crippen LogP) is 4.71. The Morgan fingerprint density at radius 2 is 1.70 bits per heavy atom. The largest absolute Gasteiger partial charge is 0.303 e. The molecule has 1 heterocycles. The Morgan fingerprint density at radius 1 is 0.850 bits per heavy atom. The van der Waals surface area contributed by atoms with Crippen LogP contribution in [0.25, 0.3) is 0 Å². The van der Waals surface area contributed by atoms with Gasteiger partial charge in [0.1, 0.15) is 0 Å². The first-order chi connectivity index (χ1) is 9.55. The molecule has 0 aromatic carbocycles. The van der Waals surface area contributed by atoms with Crippen molar-refractivity contribution in [1.29, 1.82) is 0 Å². The molecule has 6 atom stereocenters. The van der Waals surface area contributed by atoms with Gasteiger partial charge in [0, 0.05) is 6.04 Å². The van der Waals surface area contributed by atoms with Crippen LogP contribution in [0.3, 0.4) is 0 Å². The van der Waals surface area contributed by atoms with Gasteiger partial charge in [0.25, 0.3) is 0 Å². The lowest BCUT2D eigenvalue weighted by molar-refractivity contribution is -0.116. The zero-order valence-electron chi connectivity index (χ0n) is 13.8. The molecule has 4 fully saturated rings. The van der Waals surface area contributed by atoms with Gasteiger partial charge in [-0.3, -0.25) is 0 Å². The zero-order valence-corrected chi connectivity index (χ0v) is 13.8. The zero-order chi connectivity index (χ0) is 14.0. The van der Waals surface area contributed by atoms with Crippen LogP contribution >= 0.6 is 0 Å². The van der Waals surface area contributed by atoms with Gasteiger partial charge in [-0.15, -0.1) is 0 Å². The maximum absolute atomic E-state index is 2.71. The molecule has 1 saturated heterocycles. The summed E-state index contributed by atoms with van der Waals surface area (Å²) < 4.78 is 0. The quantitative estimate of drug-likeness (QED) is 0.618. The lowest BCUT2D eigenvalue weighted by Gasteiger charge is -2.61. The number of hydrogen-bond acceptors (Lipinski definition) is 1. The van der Waals surface area contributed by atoms with Crippen LogP contribution in [0.1, 0.15) is 71.6 Å². The molecular formula is C19H33N. The van der Waals surface area contributed by atoms with E-state index in [1.165, 1.54) is 51.5 Å². The van der Waals surface area contributed by atoms with E-state index in [0.29, 0.717) is 5.41 Å². The van der Waals surface area contributed by atoms with E-state index in [9.17, 15) is 0 Å². The van der Waals surface area contributed by atoms with Gasteiger partial charge in [0.05, 0.1) is 0 Å². The molecule has 3 aliphatic carbocycles. The molecule has 0 aromatic heterocycles. The number of nitrogens with zero attached hydrogens (tertiary/aromatic N) is 1. The molecular weight excluding hydrogens is 242 g/mol.